The van der Waals surface area contributed by atoms with Crippen LogP contribution in [0.2, 0.25) is 0 Å². The topological polar surface area (TPSA) is 131 Å². The molecule has 3 rings (SSSR count). The van der Waals surface area contributed by atoms with Crippen LogP contribution in [0.4, 0.5) is 0 Å². The van der Waals surface area contributed by atoms with E-state index in [1.54, 1.807) is 0 Å². The Morgan fingerprint density at radius 1 is 1.25 bits per heavy atom. The number of nitrogens with one attached hydrogen (secondary N) is 1. The molecule has 10 nitrogen and oxygen atoms in total. The summed E-state index contributed by atoms with van der Waals surface area (Å²) in [4.78, 5) is 11.9. The standard InChI is InChI=1S/C25H38N4O6S/c1-7-14(2)28-19(13-34-17-10-8-16(9-11-17)25(4,5)6)27-29(24(28)36)23-20(26-15(3)31)22(33)21(32)18(12-30)35-23/h8-11,14,18,20-23,30,32-33H,7,12-13H2,1-6H3,(H,26,31)/t14?,18-,20-,21-,22-,23-/m1/s1. The van der Waals surface area contributed by atoms with Gasteiger partial charge < -0.3 is 30.1 Å². The zero-order valence-corrected chi connectivity index (χ0v) is 22.5. The Morgan fingerprint density at radius 2 is 1.89 bits per heavy atom. The molecule has 1 saturated heterocycles. The summed E-state index contributed by atoms with van der Waals surface area (Å²) in [5, 5.41) is 38.0. The normalized spacial score (nSPS) is 25.4. The molecule has 1 amide bonds. The highest BCUT2D eigenvalue weighted by atomic mass is 32.1. The molecule has 0 radical (unpaired) electrons. The summed E-state index contributed by atoms with van der Waals surface area (Å²) in [6.45, 7) is 11.4. The van der Waals surface area contributed by atoms with Crippen molar-refractivity contribution in [1.29, 1.82) is 0 Å². The number of aliphatic hydroxyl groups excluding tert-OH is 3. The highest BCUT2D eigenvalue weighted by Gasteiger charge is 2.46. The first kappa shape index (κ1) is 28.3. The van der Waals surface area contributed by atoms with E-state index in [2.05, 4.69) is 31.2 Å². The summed E-state index contributed by atoms with van der Waals surface area (Å²) >= 11 is 5.74. The number of hydrogen-bond acceptors (Lipinski definition) is 8. The molecule has 1 fully saturated rings. The number of aliphatic hydroxyl groups is 3. The Hall–Kier alpha value is -2.31. The predicted molar refractivity (Wildman–Crippen MR) is 136 cm³/mol. The third kappa shape index (κ3) is 5.97. The van der Waals surface area contributed by atoms with Crippen molar-refractivity contribution >= 4 is 18.1 Å². The number of amides is 1. The molecule has 0 spiro atoms. The molecule has 1 aromatic heterocycles. The Labute approximate surface area is 216 Å². The molecule has 0 bridgehead atoms. The SMILES string of the molecule is CCC(C)n1c(COc2ccc(C(C)(C)C)cc2)nn([C@@H]2O[C@H](CO)[C@@H](O)[C@H](O)[C@H]2NC(C)=O)c1=S. The van der Waals surface area contributed by atoms with Gasteiger partial charge in [0, 0.05) is 13.0 Å². The van der Waals surface area contributed by atoms with E-state index in [0.717, 1.165) is 6.42 Å². The van der Waals surface area contributed by atoms with E-state index in [0.29, 0.717) is 16.3 Å². The van der Waals surface area contributed by atoms with E-state index in [1.165, 1.54) is 17.2 Å². The molecule has 1 aliphatic heterocycles. The molecule has 4 N–H and O–H groups in total. The number of ether oxygens (including phenoxy) is 2. The summed E-state index contributed by atoms with van der Waals surface area (Å²) in [5.74, 6) is 0.807. The first-order valence-electron chi connectivity index (χ1n) is 12.2. The minimum absolute atomic E-state index is 0.0138. The zero-order chi connectivity index (χ0) is 26.8. The van der Waals surface area contributed by atoms with Gasteiger partial charge in [-0.2, -0.15) is 5.10 Å². The van der Waals surface area contributed by atoms with E-state index in [9.17, 15) is 20.1 Å². The van der Waals surface area contributed by atoms with Crippen molar-refractivity contribution in [3.8, 4) is 5.75 Å². The lowest BCUT2D eigenvalue weighted by Crippen LogP contribution is -2.62. The van der Waals surface area contributed by atoms with Gasteiger partial charge in [-0.3, -0.25) is 9.36 Å². The second-order valence-electron chi connectivity index (χ2n) is 10.3. The lowest BCUT2D eigenvalue weighted by molar-refractivity contribution is -0.219. The smallest absolute Gasteiger partial charge is 0.217 e. The van der Waals surface area contributed by atoms with Gasteiger partial charge in [-0.05, 0) is 48.7 Å². The Morgan fingerprint density at radius 3 is 2.42 bits per heavy atom. The van der Waals surface area contributed by atoms with Crippen LogP contribution in [-0.4, -0.2) is 66.5 Å². The van der Waals surface area contributed by atoms with Crippen LogP contribution in [0.1, 0.15) is 71.6 Å². The molecule has 1 aromatic carbocycles. The molecule has 1 unspecified atom stereocenters. The van der Waals surface area contributed by atoms with Crippen molar-refractivity contribution < 1.29 is 29.6 Å². The molecule has 6 atom stereocenters. The highest BCUT2D eigenvalue weighted by molar-refractivity contribution is 7.71. The van der Waals surface area contributed by atoms with Crippen LogP contribution in [0.5, 0.6) is 5.75 Å². The van der Waals surface area contributed by atoms with Crippen LogP contribution in [0.3, 0.4) is 0 Å². The number of aromatic nitrogens is 3. The van der Waals surface area contributed by atoms with Crippen LogP contribution in [0.25, 0.3) is 0 Å². The predicted octanol–water partition coefficient (Wildman–Crippen LogP) is 2.38. The summed E-state index contributed by atoms with van der Waals surface area (Å²) in [7, 11) is 0. The van der Waals surface area contributed by atoms with Gasteiger partial charge in [-0.1, -0.05) is 39.8 Å². The second kappa shape index (κ2) is 11.4. The van der Waals surface area contributed by atoms with Gasteiger partial charge in [0.05, 0.1) is 6.61 Å². The van der Waals surface area contributed by atoms with Gasteiger partial charge >= 0.3 is 0 Å². The van der Waals surface area contributed by atoms with Gasteiger partial charge in [-0.15, -0.1) is 0 Å². The van der Waals surface area contributed by atoms with Crippen molar-refractivity contribution in [2.75, 3.05) is 6.61 Å². The van der Waals surface area contributed by atoms with Crippen LogP contribution >= 0.6 is 12.2 Å². The van der Waals surface area contributed by atoms with Crippen molar-refractivity contribution in [2.45, 2.75) is 96.6 Å². The molecule has 2 aromatic rings. The fourth-order valence-electron chi connectivity index (χ4n) is 4.22. The summed E-state index contributed by atoms with van der Waals surface area (Å²) < 4.78 is 15.5. The van der Waals surface area contributed by atoms with E-state index in [1.807, 2.05) is 42.7 Å². The molecule has 0 aliphatic carbocycles. The van der Waals surface area contributed by atoms with Gasteiger partial charge in [0.15, 0.2) is 12.1 Å². The van der Waals surface area contributed by atoms with Crippen LogP contribution in [0, 0.1) is 4.77 Å². The van der Waals surface area contributed by atoms with Crippen molar-refractivity contribution in [3.05, 3.63) is 40.4 Å². The number of rotatable bonds is 8. The maximum atomic E-state index is 11.9. The fourth-order valence-corrected chi connectivity index (χ4v) is 4.65. The van der Waals surface area contributed by atoms with E-state index in [-0.39, 0.29) is 18.1 Å². The molecule has 36 heavy (non-hydrogen) atoms. The van der Waals surface area contributed by atoms with E-state index >= 15 is 0 Å². The molecule has 1 aliphatic rings. The Balaban J connectivity index is 1.96. The third-order valence-electron chi connectivity index (χ3n) is 6.53. The van der Waals surface area contributed by atoms with Crippen molar-refractivity contribution in [2.24, 2.45) is 0 Å². The van der Waals surface area contributed by atoms with E-state index < -0.39 is 43.1 Å². The third-order valence-corrected chi connectivity index (χ3v) is 6.92. The van der Waals surface area contributed by atoms with E-state index in [4.69, 9.17) is 21.7 Å². The number of carbonyl (C=O) groups excluding carboxylic acids is 1. The van der Waals surface area contributed by atoms with Crippen LogP contribution in [0.15, 0.2) is 24.3 Å². The highest BCUT2D eigenvalue weighted by Crippen LogP contribution is 2.30. The lowest BCUT2D eigenvalue weighted by Gasteiger charge is -2.42. The van der Waals surface area contributed by atoms with Crippen molar-refractivity contribution in [1.82, 2.24) is 19.7 Å². The Bertz CT molecular complexity index is 1090. The van der Waals surface area contributed by atoms with Crippen molar-refractivity contribution in [3.63, 3.8) is 0 Å². The zero-order valence-electron chi connectivity index (χ0n) is 21.7. The second-order valence-corrected chi connectivity index (χ2v) is 10.7. The first-order valence-corrected chi connectivity index (χ1v) is 12.6. The quantitative estimate of drug-likeness (QED) is 0.389. The van der Waals surface area contributed by atoms with Gasteiger partial charge in [0.2, 0.25) is 10.7 Å². The molecule has 0 saturated carbocycles. The number of carbonyl (C=O) groups is 1. The minimum Gasteiger partial charge on any atom is -0.486 e. The summed E-state index contributed by atoms with van der Waals surface area (Å²) in [6, 6.07) is 6.85. The molecule has 200 valence electrons. The number of benzene rings is 1. The van der Waals surface area contributed by atoms with Gasteiger partial charge in [0.1, 0.15) is 36.7 Å². The minimum atomic E-state index is -1.40. The van der Waals surface area contributed by atoms with Gasteiger partial charge in [-0.25, -0.2) is 4.68 Å². The van der Waals surface area contributed by atoms with Crippen LogP contribution in [-0.2, 0) is 21.6 Å². The first-order chi connectivity index (χ1) is 16.9. The summed E-state index contributed by atoms with van der Waals surface area (Å²) in [6.07, 6.45) is -4.15. The fraction of sp³-hybridized carbons (Fsp3) is 0.640. The van der Waals surface area contributed by atoms with Gasteiger partial charge in [0.25, 0.3) is 0 Å². The monoisotopic (exact) mass is 522 g/mol. The number of nitrogens with zero attached hydrogens (tertiary/aromatic N) is 3. The molecular weight excluding hydrogens is 484 g/mol. The Kier molecular flexibility index (Phi) is 8.94. The lowest BCUT2D eigenvalue weighted by atomic mass is 9.87. The average Bonchev–Trinajstić information content (AvgIpc) is 3.15. The largest absolute Gasteiger partial charge is 0.486 e. The maximum Gasteiger partial charge on any atom is 0.217 e. The molecule has 2 heterocycles. The number of hydrogen-bond donors (Lipinski definition) is 4. The molecule has 11 heteroatoms. The summed E-state index contributed by atoms with van der Waals surface area (Å²) in [5.41, 5.74) is 1.22. The van der Waals surface area contributed by atoms with Crippen LogP contribution < -0.4 is 10.1 Å². The maximum absolute atomic E-state index is 11.9. The average molecular weight is 523 g/mol. The molecular formula is C25H38N4O6S.